The van der Waals surface area contributed by atoms with Gasteiger partial charge in [0, 0.05) is 13.1 Å². The second kappa shape index (κ2) is 6.13. The average molecular weight is 245 g/mol. The summed E-state index contributed by atoms with van der Waals surface area (Å²) in [5, 5.41) is 8.89. The van der Waals surface area contributed by atoms with E-state index in [0.29, 0.717) is 13.1 Å². The average Bonchev–Trinajstić information content (AvgIpc) is 2.77. The lowest BCUT2D eigenvalue weighted by Gasteiger charge is -2.25. The number of carboxylic acid groups (broad SMARTS) is 1. The molecule has 0 aliphatic carbocycles. The Balaban J connectivity index is 2.52. The van der Waals surface area contributed by atoms with Gasteiger partial charge in [-0.2, -0.15) is 0 Å². The van der Waals surface area contributed by atoms with Crippen molar-refractivity contribution in [1.29, 1.82) is 0 Å². The summed E-state index contributed by atoms with van der Waals surface area (Å²) in [6.45, 7) is 4.45. The van der Waals surface area contributed by atoms with E-state index in [1.165, 1.54) is 0 Å². The molecular formula is C11H19NO3S. The van der Waals surface area contributed by atoms with Crippen LogP contribution in [0.25, 0.3) is 0 Å². The van der Waals surface area contributed by atoms with Gasteiger partial charge in [-0.25, -0.2) is 0 Å². The van der Waals surface area contributed by atoms with E-state index in [9.17, 15) is 9.59 Å². The fourth-order valence-electron chi connectivity index (χ4n) is 1.76. The molecule has 2 atom stereocenters. The summed E-state index contributed by atoms with van der Waals surface area (Å²) in [5.41, 5.74) is 0. The topological polar surface area (TPSA) is 57.6 Å². The minimum Gasteiger partial charge on any atom is -0.481 e. The second-order valence-electron chi connectivity index (χ2n) is 4.12. The Bertz CT molecular complexity index is 264. The molecule has 1 aliphatic rings. The van der Waals surface area contributed by atoms with E-state index >= 15 is 0 Å². The van der Waals surface area contributed by atoms with Crippen LogP contribution < -0.4 is 0 Å². The van der Waals surface area contributed by atoms with Gasteiger partial charge >= 0.3 is 5.97 Å². The molecule has 0 saturated carbocycles. The molecule has 1 saturated heterocycles. The van der Waals surface area contributed by atoms with Crippen LogP contribution >= 0.6 is 11.8 Å². The molecule has 0 aromatic heterocycles. The Hall–Kier alpha value is -0.710. The van der Waals surface area contributed by atoms with Crippen molar-refractivity contribution in [2.75, 3.05) is 18.8 Å². The normalized spacial score (nSPS) is 21.8. The van der Waals surface area contributed by atoms with Crippen LogP contribution in [0.4, 0.5) is 0 Å². The predicted molar refractivity (Wildman–Crippen MR) is 64.5 cm³/mol. The zero-order valence-corrected chi connectivity index (χ0v) is 10.6. The lowest BCUT2D eigenvalue weighted by molar-refractivity contribution is -0.142. The Labute approximate surface area is 100 Å². The molecule has 1 heterocycles. The lowest BCUT2D eigenvalue weighted by atomic mass is 10.1. The Morgan fingerprint density at radius 3 is 2.69 bits per heavy atom. The Morgan fingerprint density at radius 1 is 1.56 bits per heavy atom. The number of hydrogen-bond donors (Lipinski definition) is 1. The van der Waals surface area contributed by atoms with Crippen LogP contribution in [0.5, 0.6) is 0 Å². The van der Waals surface area contributed by atoms with Crippen LogP contribution in [0.15, 0.2) is 0 Å². The number of thioether (sulfide) groups is 1. The first-order valence-corrected chi connectivity index (χ1v) is 6.74. The fourth-order valence-corrected chi connectivity index (χ4v) is 3.00. The molecule has 0 aromatic carbocycles. The van der Waals surface area contributed by atoms with Gasteiger partial charge in [0.15, 0.2) is 0 Å². The number of aliphatic carboxylic acids is 1. The zero-order chi connectivity index (χ0) is 12.1. The van der Waals surface area contributed by atoms with E-state index in [-0.39, 0.29) is 11.2 Å². The quantitative estimate of drug-likeness (QED) is 0.796. The minimum atomic E-state index is -0.842. The van der Waals surface area contributed by atoms with Crippen molar-refractivity contribution in [3.05, 3.63) is 0 Å². The summed E-state index contributed by atoms with van der Waals surface area (Å²) in [6.07, 6.45) is 2.02. The number of rotatable bonds is 5. The van der Waals surface area contributed by atoms with Crippen LogP contribution in [0.1, 0.15) is 26.7 Å². The van der Waals surface area contributed by atoms with E-state index in [2.05, 4.69) is 0 Å². The number of amides is 1. The summed E-state index contributed by atoms with van der Waals surface area (Å²) >= 11 is 1.69. The summed E-state index contributed by atoms with van der Waals surface area (Å²) < 4.78 is 0. The molecule has 0 radical (unpaired) electrons. The molecule has 1 N–H and O–H groups in total. The van der Waals surface area contributed by atoms with Crippen molar-refractivity contribution in [2.45, 2.75) is 31.9 Å². The van der Waals surface area contributed by atoms with E-state index in [1.807, 2.05) is 6.92 Å². The van der Waals surface area contributed by atoms with Crippen molar-refractivity contribution in [2.24, 2.45) is 5.92 Å². The number of nitrogens with zero attached hydrogens (tertiary/aromatic N) is 1. The third kappa shape index (κ3) is 3.40. The van der Waals surface area contributed by atoms with Gasteiger partial charge in [0.05, 0.1) is 11.2 Å². The highest BCUT2D eigenvalue weighted by Crippen LogP contribution is 2.27. The van der Waals surface area contributed by atoms with Crippen molar-refractivity contribution >= 4 is 23.6 Å². The van der Waals surface area contributed by atoms with Gasteiger partial charge in [-0.15, -0.1) is 11.8 Å². The molecule has 1 rings (SSSR count). The van der Waals surface area contributed by atoms with Crippen molar-refractivity contribution in [1.82, 2.24) is 4.90 Å². The van der Waals surface area contributed by atoms with Gasteiger partial charge in [-0.3, -0.25) is 9.59 Å². The predicted octanol–water partition coefficient (Wildman–Crippen LogP) is 1.45. The highest BCUT2D eigenvalue weighted by Gasteiger charge is 2.28. The van der Waals surface area contributed by atoms with Crippen LogP contribution in [0.2, 0.25) is 0 Å². The zero-order valence-electron chi connectivity index (χ0n) is 9.81. The van der Waals surface area contributed by atoms with E-state index in [4.69, 9.17) is 5.11 Å². The molecule has 2 unspecified atom stereocenters. The van der Waals surface area contributed by atoms with Crippen molar-refractivity contribution in [3.63, 3.8) is 0 Å². The van der Waals surface area contributed by atoms with E-state index in [0.717, 1.165) is 18.6 Å². The molecule has 16 heavy (non-hydrogen) atoms. The maximum Gasteiger partial charge on any atom is 0.308 e. The molecule has 1 amide bonds. The molecule has 0 aromatic rings. The SMILES string of the molecule is CCN(CC(C)C(=O)O)C(=O)C1CCCS1. The monoisotopic (exact) mass is 245 g/mol. The third-order valence-corrected chi connectivity index (χ3v) is 4.18. The molecular weight excluding hydrogens is 226 g/mol. The first kappa shape index (κ1) is 13.4. The number of hydrogen-bond acceptors (Lipinski definition) is 3. The minimum absolute atomic E-state index is 0.0564. The standard InChI is InChI=1S/C11H19NO3S/c1-3-12(7-8(2)11(14)15)10(13)9-5-4-6-16-9/h8-9H,3-7H2,1-2H3,(H,14,15). The van der Waals surface area contributed by atoms with Gasteiger partial charge in [-0.05, 0) is 25.5 Å². The van der Waals surface area contributed by atoms with Crippen molar-refractivity contribution < 1.29 is 14.7 Å². The van der Waals surface area contributed by atoms with Crippen molar-refractivity contribution in [3.8, 4) is 0 Å². The largest absolute Gasteiger partial charge is 0.481 e. The van der Waals surface area contributed by atoms with E-state index in [1.54, 1.807) is 23.6 Å². The molecule has 5 heteroatoms. The maximum atomic E-state index is 12.0. The second-order valence-corrected chi connectivity index (χ2v) is 5.43. The van der Waals surface area contributed by atoms with Crippen LogP contribution in [0, 0.1) is 5.92 Å². The third-order valence-electron chi connectivity index (χ3n) is 2.81. The smallest absolute Gasteiger partial charge is 0.308 e. The number of carbonyl (C=O) groups excluding carboxylic acids is 1. The molecule has 4 nitrogen and oxygen atoms in total. The molecule has 0 bridgehead atoms. The fraction of sp³-hybridized carbons (Fsp3) is 0.818. The van der Waals surface area contributed by atoms with Crippen LogP contribution in [-0.2, 0) is 9.59 Å². The summed E-state index contributed by atoms with van der Waals surface area (Å²) in [7, 11) is 0. The molecule has 1 aliphatic heterocycles. The van der Waals surface area contributed by atoms with Gasteiger partial charge < -0.3 is 10.0 Å². The van der Waals surface area contributed by atoms with Gasteiger partial charge in [0.1, 0.15) is 0 Å². The summed E-state index contributed by atoms with van der Waals surface area (Å²) in [4.78, 5) is 24.5. The lowest BCUT2D eigenvalue weighted by Crippen LogP contribution is -2.40. The first-order chi connectivity index (χ1) is 7.56. The van der Waals surface area contributed by atoms with Crippen LogP contribution in [-0.4, -0.2) is 46.0 Å². The first-order valence-electron chi connectivity index (χ1n) is 5.69. The molecule has 0 spiro atoms. The number of carbonyl (C=O) groups is 2. The Morgan fingerprint density at radius 2 is 2.25 bits per heavy atom. The van der Waals surface area contributed by atoms with Gasteiger partial charge in [0.2, 0.25) is 5.91 Å². The Kier molecular flexibility index (Phi) is 5.12. The highest BCUT2D eigenvalue weighted by atomic mass is 32.2. The van der Waals surface area contributed by atoms with Crippen LogP contribution in [0.3, 0.4) is 0 Å². The van der Waals surface area contributed by atoms with Gasteiger partial charge in [0.25, 0.3) is 0 Å². The summed E-state index contributed by atoms with van der Waals surface area (Å²) in [6, 6.07) is 0. The maximum absolute atomic E-state index is 12.0. The van der Waals surface area contributed by atoms with Gasteiger partial charge in [-0.1, -0.05) is 6.92 Å². The molecule has 92 valence electrons. The molecule has 1 fully saturated rings. The number of carboxylic acids is 1. The highest BCUT2D eigenvalue weighted by molar-refractivity contribution is 8.00. The summed E-state index contributed by atoms with van der Waals surface area (Å²) in [5.74, 6) is -0.179. The van der Waals surface area contributed by atoms with E-state index < -0.39 is 11.9 Å².